The molecule has 0 bridgehead atoms. The van der Waals surface area contributed by atoms with Crippen molar-refractivity contribution in [1.29, 1.82) is 0 Å². The zero-order valence-electron chi connectivity index (χ0n) is 16.7. The second kappa shape index (κ2) is 8.28. The first kappa shape index (κ1) is 20.7. The number of nitrogens with zero attached hydrogens (tertiary/aromatic N) is 3. The number of piperidine rings is 1. The van der Waals surface area contributed by atoms with Crippen molar-refractivity contribution in [3.8, 4) is 0 Å². The molecule has 0 radical (unpaired) electrons. The number of benzene rings is 1. The zero-order valence-corrected chi connectivity index (χ0v) is 18.3. The molecule has 7 nitrogen and oxygen atoms in total. The molecule has 2 saturated heterocycles. The summed E-state index contributed by atoms with van der Waals surface area (Å²) in [6.45, 7) is 4.64. The van der Waals surface area contributed by atoms with Gasteiger partial charge in [0, 0.05) is 31.1 Å². The lowest BCUT2D eigenvalue weighted by Crippen LogP contribution is -2.47. The molecule has 0 spiro atoms. The van der Waals surface area contributed by atoms with Gasteiger partial charge in [0.25, 0.3) is 0 Å². The number of likely N-dealkylation sites (tertiary alicyclic amines) is 1. The van der Waals surface area contributed by atoms with Crippen molar-refractivity contribution < 1.29 is 18.0 Å². The highest BCUT2D eigenvalue weighted by atomic mass is 32.2. The third-order valence-corrected chi connectivity index (χ3v) is 8.95. The molecule has 29 heavy (non-hydrogen) atoms. The van der Waals surface area contributed by atoms with E-state index in [0.717, 1.165) is 30.6 Å². The van der Waals surface area contributed by atoms with Gasteiger partial charge in [-0.15, -0.1) is 11.8 Å². The first-order valence-corrected chi connectivity index (χ1v) is 12.6. The van der Waals surface area contributed by atoms with Crippen LogP contribution < -0.4 is 4.90 Å². The first-order chi connectivity index (χ1) is 13.9. The number of carbonyl (C=O) groups is 2. The van der Waals surface area contributed by atoms with Gasteiger partial charge in [0.15, 0.2) is 0 Å². The Morgan fingerprint density at radius 1 is 1.14 bits per heavy atom. The predicted molar refractivity (Wildman–Crippen MR) is 112 cm³/mol. The summed E-state index contributed by atoms with van der Waals surface area (Å²) in [5, 5.41) is 0. The summed E-state index contributed by atoms with van der Waals surface area (Å²) in [6, 6.07) is 4.94. The Morgan fingerprint density at radius 3 is 2.52 bits per heavy atom. The largest absolute Gasteiger partial charge is 0.341 e. The molecule has 158 valence electrons. The average Bonchev–Trinajstić information content (AvgIpc) is 3.26. The number of sulfonamides is 1. The summed E-state index contributed by atoms with van der Waals surface area (Å²) in [7, 11) is -3.58. The standard InChI is InChI=1S/C20H27N3O4S2/c1-15-6-10-21(11-7-15)19(24)13-23-17-12-16(4-5-18(17)28-14-20(23)25)29(26,27)22-8-2-3-9-22/h4-5,12,15H,2-3,6-11,13-14H2,1H3. The molecule has 1 aromatic carbocycles. The second-order valence-corrected chi connectivity index (χ2v) is 11.0. The van der Waals surface area contributed by atoms with E-state index in [1.54, 1.807) is 18.2 Å². The highest BCUT2D eigenvalue weighted by Gasteiger charge is 2.32. The van der Waals surface area contributed by atoms with Gasteiger partial charge in [-0.3, -0.25) is 9.59 Å². The van der Waals surface area contributed by atoms with Gasteiger partial charge in [0.05, 0.1) is 16.3 Å². The van der Waals surface area contributed by atoms with Crippen molar-refractivity contribution in [2.75, 3.05) is 43.4 Å². The minimum atomic E-state index is -3.58. The third kappa shape index (κ3) is 4.18. The van der Waals surface area contributed by atoms with E-state index in [4.69, 9.17) is 0 Å². The predicted octanol–water partition coefficient (Wildman–Crippen LogP) is 2.17. The fourth-order valence-corrected chi connectivity index (χ4v) is 6.54. The molecule has 0 aliphatic carbocycles. The highest BCUT2D eigenvalue weighted by molar-refractivity contribution is 8.00. The van der Waals surface area contributed by atoms with Crippen LogP contribution >= 0.6 is 11.8 Å². The van der Waals surface area contributed by atoms with E-state index in [1.807, 2.05) is 4.90 Å². The van der Waals surface area contributed by atoms with Gasteiger partial charge in [-0.2, -0.15) is 4.31 Å². The van der Waals surface area contributed by atoms with E-state index in [-0.39, 0.29) is 29.0 Å². The lowest BCUT2D eigenvalue weighted by molar-refractivity contribution is -0.132. The lowest BCUT2D eigenvalue weighted by Gasteiger charge is -2.34. The molecular weight excluding hydrogens is 410 g/mol. The van der Waals surface area contributed by atoms with Gasteiger partial charge >= 0.3 is 0 Å². The Bertz CT molecular complexity index is 904. The molecular formula is C20H27N3O4S2. The molecule has 0 unspecified atom stereocenters. The average molecular weight is 438 g/mol. The summed E-state index contributed by atoms with van der Waals surface area (Å²) in [4.78, 5) is 29.8. The fraction of sp³-hybridized carbons (Fsp3) is 0.600. The molecule has 2 fully saturated rings. The minimum Gasteiger partial charge on any atom is -0.341 e. The molecule has 4 rings (SSSR count). The molecule has 3 aliphatic heterocycles. The van der Waals surface area contributed by atoms with Crippen LogP contribution in [0.25, 0.3) is 0 Å². The molecule has 2 amide bonds. The number of fused-ring (bicyclic) bond motifs is 1. The minimum absolute atomic E-state index is 0.0337. The van der Waals surface area contributed by atoms with Crippen molar-refractivity contribution in [3.63, 3.8) is 0 Å². The normalized spacial score (nSPS) is 21.5. The number of rotatable bonds is 4. The van der Waals surface area contributed by atoms with Crippen molar-refractivity contribution in [2.24, 2.45) is 5.92 Å². The Morgan fingerprint density at radius 2 is 1.83 bits per heavy atom. The number of amides is 2. The van der Waals surface area contributed by atoms with Crippen LogP contribution in [0.15, 0.2) is 28.0 Å². The van der Waals surface area contributed by atoms with Gasteiger partial charge in [0.1, 0.15) is 6.54 Å². The summed E-state index contributed by atoms with van der Waals surface area (Å²) in [5.41, 5.74) is 0.533. The van der Waals surface area contributed by atoms with Gasteiger partial charge in [-0.25, -0.2) is 8.42 Å². The molecule has 0 saturated carbocycles. The molecule has 0 N–H and O–H groups in total. The maximum atomic E-state index is 12.9. The van der Waals surface area contributed by atoms with Crippen LogP contribution in [-0.2, 0) is 19.6 Å². The van der Waals surface area contributed by atoms with Crippen LogP contribution in [0.3, 0.4) is 0 Å². The molecule has 3 aliphatic rings. The van der Waals surface area contributed by atoms with Gasteiger partial charge in [0.2, 0.25) is 21.8 Å². The monoisotopic (exact) mass is 437 g/mol. The second-order valence-electron chi connectivity index (χ2n) is 8.07. The van der Waals surface area contributed by atoms with Crippen LogP contribution in [0.1, 0.15) is 32.6 Å². The summed E-state index contributed by atoms with van der Waals surface area (Å²) >= 11 is 1.39. The van der Waals surface area contributed by atoms with Crippen LogP contribution in [0.2, 0.25) is 0 Å². The quantitative estimate of drug-likeness (QED) is 0.721. The molecule has 0 aromatic heterocycles. The van der Waals surface area contributed by atoms with Crippen molar-refractivity contribution in [1.82, 2.24) is 9.21 Å². The van der Waals surface area contributed by atoms with Crippen molar-refractivity contribution >= 4 is 39.3 Å². The number of hydrogen-bond acceptors (Lipinski definition) is 5. The SMILES string of the molecule is CC1CCN(C(=O)CN2C(=O)CSc3ccc(S(=O)(=O)N4CCCC4)cc32)CC1. The number of anilines is 1. The van der Waals surface area contributed by atoms with Crippen LogP contribution in [0.4, 0.5) is 5.69 Å². The maximum absolute atomic E-state index is 12.9. The van der Waals surface area contributed by atoms with Crippen LogP contribution in [0, 0.1) is 5.92 Å². The Labute approximate surface area is 176 Å². The fourth-order valence-electron chi connectivity index (χ4n) is 4.09. The third-order valence-electron chi connectivity index (χ3n) is 6.01. The molecule has 1 aromatic rings. The van der Waals surface area contributed by atoms with E-state index in [9.17, 15) is 18.0 Å². The smallest absolute Gasteiger partial charge is 0.243 e. The van der Waals surface area contributed by atoms with Crippen LogP contribution in [0.5, 0.6) is 0 Å². The molecule has 3 heterocycles. The van der Waals surface area contributed by atoms with Gasteiger partial charge in [-0.05, 0) is 49.8 Å². The van der Waals surface area contributed by atoms with Gasteiger partial charge in [-0.1, -0.05) is 6.92 Å². The van der Waals surface area contributed by atoms with E-state index in [2.05, 4.69) is 6.92 Å². The van der Waals surface area contributed by atoms with E-state index < -0.39 is 10.0 Å². The first-order valence-electron chi connectivity index (χ1n) is 10.2. The number of carbonyl (C=O) groups excluding carboxylic acids is 2. The number of thioether (sulfide) groups is 1. The lowest BCUT2D eigenvalue weighted by atomic mass is 9.99. The Hall–Kier alpha value is -1.58. The van der Waals surface area contributed by atoms with Crippen molar-refractivity contribution in [3.05, 3.63) is 18.2 Å². The topological polar surface area (TPSA) is 78.0 Å². The number of hydrogen-bond donors (Lipinski definition) is 0. The van der Waals surface area contributed by atoms with Crippen molar-refractivity contribution in [2.45, 2.75) is 42.4 Å². The van der Waals surface area contributed by atoms with E-state index in [1.165, 1.54) is 21.0 Å². The summed E-state index contributed by atoms with van der Waals surface area (Å²) in [6.07, 6.45) is 3.69. The Kier molecular flexibility index (Phi) is 5.90. The Balaban J connectivity index is 1.59. The van der Waals surface area contributed by atoms with Crippen LogP contribution in [-0.4, -0.2) is 67.9 Å². The summed E-state index contributed by atoms with van der Waals surface area (Å²) < 4.78 is 27.4. The highest BCUT2D eigenvalue weighted by Crippen LogP contribution is 2.37. The summed E-state index contributed by atoms with van der Waals surface area (Å²) in [5.74, 6) is 0.647. The molecule has 9 heteroatoms. The van der Waals surface area contributed by atoms with E-state index in [0.29, 0.717) is 37.8 Å². The molecule has 0 atom stereocenters. The maximum Gasteiger partial charge on any atom is 0.243 e. The van der Waals surface area contributed by atoms with Gasteiger partial charge < -0.3 is 9.80 Å². The zero-order chi connectivity index (χ0) is 20.6. The van der Waals surface area contributed by atoms with E-state index >= 15 is 0 Å².